The number of ether oxygens (including phenoxy) is 1. The smallest absolute Gasteiger partial charge is 0.336 e. The van der Waals surface area contributed by atoms with Gasteiger partial charge in [0.1, 0.15) is 11.6 Å². The first kappa shape index (κ1) is 20.0. The Hall–Kier alpha value is -3.32. The number of carboxylic acid groups (broad SMARTS) is 1. The Balaban J connectivity index is 1.55. The predicted octanol–water partition coefficient (Wildman–Crippen LogP) is 5.13. The zero-order chi connectivity index (χ0) is 21.4. The van der Waals surface area contributed by atoms with Gasteiger partial charge in [0.2, 0.25) is 6.35 Å². The van der Waals surface area contributed by atoms with Crippen LogP contribution < -0.4 is 15.4 Å². The summed E-state index contributed by atoms with van der Waals surface area (Å²) >= 11 is 6.50. The van der Waals surface area contributed by atoms with Crippen LogP contribution in [0.3, 0.4) is 0 Å². The van der Waals surface area contributed by atoms with E-state index in [1.54, 1.807) is 31.5 Å². The number of carbonyl (C=O) groups is 1. The molecule has 2 aromatic carbocycles. The summed E-state index contributed by atoms with van der Waals surface area (Å²) in [6.45, 7) is 5.83. The van der Waals surface area contributed by atoms with E-state index in [2.05, 4.69) is 20.6 Å². The number of fused-ring (bicyclic) bond motifs is 1. The zero-order valence-electron chi connectivity index (χ0n) is 16.7. The van der Waals surface area contributed by atoms with E-state index in [9.17, 15) is 9.90 Å². The Kier molecular flexibility index (Phi) is 5.22. The number of rotatable bonds is 5. The molecular weight excluding hydrogens is 404 g/mol. The second-order valence-corrected chi connectivity index (χ2v) is 7.84. The summed E-state index contributed by atoms with van der Waals surface area (Å²) in [5.74, 6) is 0.486. The van der Waals surface area contributed by atoms with Crippen LogP contribution in [0.5, 0.6) is 5.75 Å². The number of nitrogens with one attached hydrogen (secondary N) is 2. The molecule has 1 unspecified atom stereocenters. The fourth-order valence-corrected chi connectivity index (χ4v) is 3.50. The Morgan fingerprint density at radius 1 is 1.13 bits per heavy atom. The van der Waals surface area contributed by atoms with Crippen molar-refractivity contribution in [3.05, 3.63) is 64.7 Å². The Morgan fingerprint density at radius 3 is 2.43 bits per heavy atom. The van der Waals surface area contributed by atoms with Crippen LogP contribution in [0.2, 0.25) is 5.02 Å². The molecule has 0 bridgehead atoms. The van der Waals surface area contributed by atoms with Crippen molar-refractivity contribution in [2.24, 2.45) is 0 Å². The maximum absolute atomic E-state index is 11.3. The van der Waals surface area contributed by atoms with E-state index < -0.39 is 12.3 Å². The van der Waals surface area contributed by atoms with Gasteiger partial charge in [-0.1, -0.05) is 31.5 Å². The minimum atomic E-state index is -0.990. The van der Waals surface area contributed by atoms with Crippen molar-refractivity contribution in [3.63, 3.8) is 0 Å². The lowest BCUT2D eigenvalue weighted by atomic mass is 10.1. The molecule has 3 N–H and O–H groups in total. The highest BCUT2D eigenvalue weighted by atomic mass is 35.5. The molecule has 4 rings (SSSR count). The molecule has 3 aromatic rings. The van der Waals surface area contributed by atoms with Gasteiger partial charge < -0.3 is 20.5 Å². The van der Waals surface area contributed by atoms with E-state index in [1.807, 2.05) is 26.0 Å². The first-order valence-electron chi connectivity index (χ1n) is 9.51. The van der Waals surface area contributed by atoms with Gasteiger partial charge in [-0.3, -0.25) is 0 Å². The maximum Gasteiger partial charge on any atom is 0.336 e. The Bertz CT molecular complexity index is 1120. The summed E-state index contributed by atoms with van der Waals surface area (Å²) in [6.07, 6.45) is 2.98. The summed E-state index contributed by atoms with van der Waals surface area (Å²) in [6, 6.07) is 8.70. The molecule has 1 atom stereocenters. The molecule has 0 radical (unpaired) electrons. The highest BCUT2D eigenvalue weighted by Gasteiger charge is 2.23. The number of carboxylic acids is 1. The van der Waals surface area contributed by atoms with Gasteiger partial charge in [0.25, 0.3) is 0 Å². The number of halogens is 1. The van der Waals surface area contributed by atoms with E-state index in [1.165, 1.54) is 6.07 Å². The SMILES string of the molecule is Cc1ccc(OC2Nc3cc(Cl)c(-c4cnc(C(C)C)nc4)cc3N2)cc1C(=O)O. The zero-order valence-corrected chi connectivity index (χ0v) is 17.5. The molecule has 0 aliphatic carbocycles. The quantitative estimate of drug-likeness (QED) is 0.522. The number of anilines is 2. The average molecular weight is 425 g/mol. The molecule has 1 aliphatic heterocycles. The minimum absolute atomic E-state index is 0.207. The lowest BCUT2D eigenvalue weighted by Gasteiger charge is -2.15. The molecule has 8 heteroatoms. The molecule has 0 amide bonds. The Morgan fingerprint density at radius 2 is 1.80 bits per heavy atom. The summed E-state index contributed by atoms with van der Waals surface area (Å²) in [5.41, 5.74) is 4.12. The molecule has 30 heavy (non-hydrogen) atoms. The van der Waals surface area contributed by atoms with Gasteiger partial charge >= 0.3 is 5.97 Å². The third-order valence-corrected chi connectivity index (χ3v) is 5.19. The third kappa shape index (κ3) is 3.89. The fraction of sp³-hybridized carbons (Fsp3) is 0.227. The van der Waals surface area contributed by atoms with Crippen molar-refractivity contribution in [2.75, 3.05) is 10.6 Å². The van der Waals surface area contributed by atoms with E-state index in [-0.39, 0.29) is 11.5 Å². The number of benzene rings is 2. The number of hydrogen-bond acceptors (Lipinski definition) is 6. The fourth-order valence-electron chi connectivity index (χ4n) is 3.23. The normalized spacial score (nSPS) is 14.8. The summed E-state index contributed by atoms with van der Waals surface area (Å²) in [5, 5.41) is 16.3. The summed E-state index contributed by atoms with van der Waals surface area (Å²) < 4.78 is 5.88. The molecule has 1 aromatic heterocycles. The van der Waals surface area contributed by atoms with Gasteiger partial charge in [-0.15, -0.1) is 0 Å². The van der Waals surface area contributed by atoms with E-state index in [0.717, 1.165) is 28.3 Å². The molecular formula is C22H21ClN4O3. The summed E-state index contributed by atoms with van der Waals surface area (Å²) in [4.78, 5) is 20.2. The van der Waals surface area contributed by atoms with Gasteiger partial charge in [0.05, 0.1) is 22.0 Å². The maximum atomic E-state index is 11.3. The molecule has 154 valence electrons. The first-order chi connectivity index (χ1) is 14.3. The van der Waals surface area contributed by atoms with Gasteiger partial charge in [0.15, 0.2) is 0 Å². The second kappa shape index (κ2) is 7.84. The summed E-state index contributed by atoms with van der Waals surface area (Å²) in [7, 11) is 0. The van der Waals surface area contributed by atoms with Gasteiger partial charge in [-0.2, -0.15) is 0 Å². The number of aromatic carboxylic acids is 1. The van der Waals surface area contributed by atoms with Crippen LogP contribution >= 0.6 is 11.6 Å². The molecule has 0 fully saturated rings. The highest BCUT2D eigenvalue weighted by Crippen LogP contribution is 2.39. The molecule has 0 saturated heterocycles. The van der Waals surface area contributed by atoms with Crippen molar-refractivity contribution >= 4 is 28.9 Å². The molecule has 0 spiro atoms. The third-order valence-electron chi connectivity index (χ3n) is 4.87. The van der Waals surface area contributed by atoms with Crippen molar-refractivity contribution in [2.45, 2.75) is 33.0 Å². The average Bonchev–Trinajstić information content (AvgIpc) is 3.09. The minimum Gasteiger partial charge on any atom is -0.478 e. The van der Waals surface area contributed by atoms with E-state index >= 15 is 0 Å². The lowest BCUT2D eigenvalue weighted by Crippen LogP contribution is -2.29. The predicted molar refractivity (Wildman–Crippen MR) is 116 cm³/mol. The number of nitrogens with zero attached hydrogens (tertiary/aromatic N) is 2. The standard InChI is InChI=1S/C22H21ClN4O3/c1-11(2)20-24-9-13(10-25-20)16-7-18-19(8-17(16)23)27-22(26-18)30-14-5-4-12(3)15(6-14)21(28)29/h4-11,22,26-27H,1-3H3,(H,28,29). The van der Waals surface area contributed by atoms with Crippen molar-refractivity contribution in [3.8, 4) is 16.9 Å². The van der Waals surface area contributed by atoms with Gasteiger partial charge in [-0.25, -0.2) is 14.8 Å². The van der Waals surface area contributed by atoms with Crippen LogP contribution in [0.1, 0.15) is 41.5 Å². The van der Waals surface area contributed by atoms with Crippen molar-refractivity contribution in [1.82, 2.24) is 9.97 Å². The monoisotopic (exact) mass is 424 g/mol. The molecule has 0 saturated carbocycles. The topological polar surface area (TPSA) is 96.4 Å². The van der Waals surface area contributed by atoms with Crippen LogP contribution in [0.25, 0.3) is 11.1 Å². The Labute approximate surface area is 179 Å². The van der Waals surface area contributed by atoms with Crippen LogP contribution in [-0.4, -0.2) is 27.4 Å². The van der Waals surface area contributed by atoms with E-state index in [4.69, 9.17) is 16.3 Å². The van der Waals surface area contributed by atoms with Crippen LogP contribution in [0, 0.1) is 6.92 Å². The lowest BCUT2D eigenvalue weighted by molar-refractivity contribution is 0.0695. The number of hydrogen-bond donors (Lipinski definition) is 3. The van der Waals surface area contributed by atoms with Crippen LogP contribution in [-0.2, 0) is 0 Å². The van der Waals surface area contributed by atoms with Crippen LogP contribution in [0.15, 0.2) is 42.7 Å². The van der Waals surface area contributed by atoms with Crippen molar-refractivity contribution < 1.29 is 14.6 Å². The number of aromatic nitrogens is 2. The van der Waals surface area contributed by atoms with Gasteiger partial charge in [-0.05, 0) is 36.8 Å². The first-order valence-corrected chi connectivity index (χ1v) is 9.89. The van der Waals surface area contributed by atoms with Crippen LogP contribution in [0.4, 0.5) is 11.4 Å². The van der Waals surface area contributed by atoms with Gasteiger partial charge in [0, 0.05) is 29.4 Å². The highest BCUT2D eigenvalue weighted by molar-refractivity contribution is 6.34. The largest absolute Gasteiger partial charge is 0.478 e. The molecule has 2 heterocycles. The molecule has 7 nitrogen and oxygen atoms in total. The van der Waals surface area contributed by atoms with E-state index in [0.29, 0.717) is 16.3 Å². The van der Waals surface area contributed by atoms with Crippen molar-refractivity contribution in [1.29, 1.82) is 0 Å². The second-order valence-electron chi connectivity index (χ2n) is 7.43. The number of aryl methyl sites for hydroxylation is 1. The molecule has 1 aliphatic rings.